The second kappa shape index (κ2) is 7.70. The van der Waals surface area contributed by atoms with Gasteiger partial charge in [0.15, 0.2) is 0 Å². The van der Waals surface area contributed by atoms with Crippen LogP contribution >= 0.6 is 0 Å². The number of likely N-dealkylation sites (tertiary alicyclic amines) is 1. The van der Waals surface area contributed by atoms with Crippen molar-refractivity contribution >= 4 is 6.03 Å². The second-order valence-corrected chi connectivity index (χ2v) is 5.30. The molecule has 0 aliphatic carbocycles. The lowest BCUT2D eigenvalue weighted by Gasteiger charge is -2.28. The number of hydrogen-bond donors (Lipinski definition) is 2. The van der Waals surface area contributed by atoms with Crippen LogP contribution in [0.5, 0.6) is 0 Å². The van der Waals surface area contributed by atoms with E-state index in [0.717, 1.165) is 37.1 Å². The van der Waals surface area contributed by atoms with Gasteiger partial charge >= 0.3 is 6.03 Å². The van der Waals surface area contributed by atoms with Crippen LogP contribution < -0.4 is 5.32 Å². The normalized spacial score (nSPS) is 15.8. The number of aliphatic hydroxyl groups excluding tert-OH is 1. The van der Waals surface area contributed by atoms with Gasteiger partial charge in [0.25, 0.3) is 0 Å². The molecule has 112 valence electrons. The molecule has 1 aliphatic heterocycles. The van der Waals surface area contributed by atoms with E-state index < -0.39 is 0 Å². The third-order valence-corrected chi connectivity index (χ3v) is 3.68. The zero-order valence-corrected chi connectivity index (χ0v) is 12.4. The van der Waals surface area contributed by atoms with E-state index in [1.54, 1.807) is 0 Å². The molecule has 21 heavy (non-hydrogen) atoms. The Balaban J connectivity index is 1.99. The summed E-state index contributed by atoms with van der Waals surface area (Å²) in [6.07, 6.45) is 3.40. The van der Waals surface area contributed by atoms with Gasteiger partial charge in [0, 0.05) is 18.7 Å². The fourth-order valence-electron chi connectivity index (χ4n) is 2.48. The quantitative estimate of drug-likeness (QED) is 0.820. The number of nitrogens with zero attached hydrogens (tertiary/aromatic N) is 1. The number of carbonyl (C=O) groups is 1. The summed E-state index contributed by atoms with van der Waals surface area (Å²) in [5.74, 6) is 5.52. The molecule has 1 aromatic carbocycles. The lowest BCUT2D eigenvalue weighted by atomic mass is 10.1. The van der Waals surface area contributed by atoms with Gasteiger partial charge in [-0.2, -0.15) is 0 Å². The predicted octanol–water partition coefficient (Wildman–Crippen LogP) is 2.29. The van der Waals surface area contributed by atoms with Crippen molar-refractivity contribution in [1.82, 2.24) is 10.2 Å². The molecule has 0 saturated carbocycles. The summed E-state index contributed by atoms with van der Waals surface area (Å²) in [6.45, 7) is 3.52. The molecule has 1 unspecified atom stereocenters. The minimum Gasteiger partial charge on any atom is -0.384 e. The van der Waals surface area contributed by atoms with Crippen LogP contribution in [-0.4, -0.2) is 35.7 Å². The Morgan fingerprint density at radius 2 is 2.14 bits per heavy atom. The monoisotopic (exact) mass is 286 g/mol. The smallest absolute Gasteiger partial charge is 0.317 e. The number of nitrogens with one attached hydrogen (secondary N) is 1. The Kier molecular flexibility index (Phi) is 5.65. The largest absolute Gasteiger partial charge is 0.384 e. The average Bonchev–Trinajstić information content (AvgIpc) is 2.54. The van der Waals surface area contributed by atoms with Crippen molar-refractivity contribution in [2.45, 2.75) is 32.2 Å². The SMILES string of the molecule is CC(NC(=O)N1CCCCC1)c1cccc(C#CCO)c1. The van der Waals surface area contributed by atoms with Crippen molar-refractivity contribution in [1.29, 1.82) is 0 Å². The highest BCUT2D eigenvalue weighted by atomic mass is 16.2. The van der Waals surface area contributed by atoms with Gasteiger partial charge in [-0.05, 0) is 43.9 Å². The molecule has 0 spiro atoms. The summed E-state index contributed by atoms with van der Waals surface area (Å²) in [7, 11) is 0. The number of hydrogen-bond acceptors (Lipinski definition) is 2. The Hall–Kier alpha value is -1.99. The van der Waals surface area contributed by atoms with E-state index in [1.165, 1.54) is 6.42 Å². The van der Waals surface area contributed by atoms with E-state index >= 15 is 0 Å². The number of carbonyl (C=O) groups excluding carboxylic acids is 1. The van der Waals surface area contributed by atoms with Crippen LogP contribution in [-0.2, 0) is 0 Å². The molecule has 2 amide bonds. The Bertz CT molecular complexity index is 539. The molecule has 0 aromatic heterocycles. The Labute approximate surface area is 126 Å². The first-order valence-corrected chi connectivity index (χ1v) is 7.46. The van der Waals surface area contributed by atoms with E-state index in [2.05, 4.69) is 17.2 Å². The minimum absolute atomic E-state index is 0.00838. The summed E-state index contributed by atoms with van der Waals surface area (Å²) in [6, 6.07) is 7.69. The van der Waals surface area contributed by atoms with E-state index in [9.17, 15) is 4.79 Å². The third kappa shape index (κ3) is 4.51. The first-order valence-electron chi connectivity index (χ1n) is 7.46. The molecule has 1 heterocycles. The van der Waals surface area contributed by atoms with Gasteiger partial charge in [-0.25, -0.2) is 4.79 Å². The first kappa shape index (κ1) is 15.4. The zero-order chi connectivity index (χ0) is 15.1. The first-order chi connectivity index (χ1) is 10.2. The van der Waals surface area contributed by atoms with Crippen LogP contribution in [0.4, 0.5) is 4.79 Å². The summed E-state index contributed by atoms with van der Waals surface area (Å²) in [5, 5.41) is 11.8. The highest BCUT2D eigenvalue weighted by Gasteiger charge is 2.18. The maximum absolute atomic E-state index is 12.2. The van der Waals surface area contributed by atoms with Gasteiger partial charge in [-0.15, -0.1) is 0 Å². The predicted molar refractivity (Wildman–Crippen MR) is 82.8 cm³/mol. The number of piperidine rings is 1. The molecule has 1 saturated heterocycles. The molecule has 4 nitrogen and oxygen atoms in total. The van der Waals surface area contributed by atoms with Gasteiger partial charge in [-0.3, -0.25) is 0 Å². The molecule has 1 atom stereocenters. The van der Waals surface area contributed by atoms with Crippen LogP contribution in [0.1, 0.15) is 43.4 Å². The molecule has 0 radical (unpaired) electrons. The standard InChI is InChI=1S/C17H22N2O2/c1-14(18-17(21)19-10-3-2-4-11-19)16-9-5-7-15(13-16)8-6-12-20/h5,7,9,13-14,20H,2-4,10-12H2,1H3,(H,18,21). The molecule has 1 aromatic rings. The number of benzene rings is 1. The zero-order valence-electron chi connectivity index (χ0n) is 12.4. The Morgan fingerprint density at radius 3 is 2.86 bits per heavy atom. The van der Waals surface area contributed by atoms with E-state index in [-0.39, 0.29) is 18.7 Å². The molecule has 4 heteroatoms. The summed E-state index contributed by atoms with van der Waals surface area (Å²) in [5.41, 5.74) is 1.87. The van der Waals surface area contributed by atoms with Gasteiger partial charge in [-0.1, -0.05) is 24.0 Å². The number of aliphatic hydroxyl groups is 1. The van der Waals surface area contributed by atoms with E-state index in [1.807, 2.05) is 36.1 Å². The topological polar surface area (TPSA) is 52.6 Å². The van der Waals surface area contributed by atoms with Gasteiger partial charge in [0.2, 0.25) is 0 Å². The maximum atomic E-state index is 12.2. The van der Waals surface area contributed by atoms with Crippen LogP contribution in [0.15, 0.2) is 24.3 Å². The molecular formula is C17H22N2O2. The van der Waals surface area contributed by atoms with Crippen LogP contribution in [0.3, 0.4) is 0 Å². The number of rotatable bonds is 2. The fraction of sp³-hybridized carbons (Fsp3) is 0.471. The number of urea groups is 1. The van der Waals surface area contributed by atoms with Crippen molar-refractivity contribution < 1.29 is 9.90 Å². The second-order valence-electron chi connectivity index (χ2n) is 5.30. The molecule has 2 rings (SSSR count). The molecule has 2 N–H and O–H groups in total. The van der Waals surface area contributed by atoms with Gasteiger partial charge in [0.1, 0.15) is 6.61 Å². The lowest BCUT2D eigenvalue weighted by molar-refractivity contribution is 0.183. The Morgan fingerprint density at radius 1 is 1.38 bits per heavy atom. The van der Waals surface area contributed by atoms with Crippen LogP contribution in [0.2, 0.25) is 0 Å². The summed E-state index contributed by atoms with van der Waals surface area (Å²) >= 11 is 0. The molecular weight excluding hydrogens is 264 g/mol. The highest BCUT2D eigenvalue weighted by molar-refractivity contribution is 5.74. The molecule has 0 bridgehead atoms. The lowest BCUT2D eigenvalue weighted by Crippen LogP contribution is -2.43. The minimum atomic E-state index is -0.147. The van der Waals surface area contributed by atoms with Crippen molar-refractivity contribution in [3.05, 3.63) is 35.4 Å². The molecule has 1 fully saturated rings. The van der Waals surface area contributed by atoms with Gasteiger partial charge < -0.3 is 15.3 Å². The van der Waals surface area contributed by atoms with Crippen molar-refractivity contribution in [3.8, 4) is 11.8 Å². The third-order valence-electron chi connectivity index (χ3n) is 3.68. The average molecular weight is 286 g/mol. The van der Waals surface area contributed by atoms with Crippen molar-refractivity contribution in [2.24, 2.45) is 0 Å². The van der Waals surface area contributed by atoms with Crippen molar-refractivity contribution in [3.63, 3.8) is 0 Å². The summed E-state index contributed by atoms with van der Waals surface area (Å²) in [4.78, 5) is 14.1. The van der Waals surface area contributed by atoms with Gasteiger partial charge in [0.05, 0.1) is 6.04 Å². The van der Waals surface area contributed by atoms with Crippen molar-refractivity contribution in [2.75, 3.05) is 19.7 Å². The number of amides is 2. The van der Waals surface area contributed by atoms with Crippen LogP contribution in [0.25, 0.3) is 0 Å². The summed E-state index contributed by atoms with van der Waals surface area (Å²) < 4.78 is 0. The van der Waals surface area contributed by atoms with Crippen LogP contribution in [0, 0.1) is 11.8 Å². The molecule has 1 aliphatic rings. The van der Waals surface area contributed by atoms with E-state index in [0.29, 0.717) is 0 Å². The fourth-order valence-corrected chi connectivity index (χ4v) is 2.48. The highest BCUT2D eigenvalue weighted by Crippen LogP contribution is 2.15. The maximum Gasteiger partial charge on any atom is 0.317 e. The van der Waals surface area contributed by atoms with E-state index in [4.69, 9.17) is 5.11 Å².